The second-order valence-electron chi connectivity index (χ2n) is 3.39. The number of rotatable bonds is 2. The first-order valence-corrected chi connectivity index (χ1v) is 5.53. The SMILES string of the molecule is CC1C(=O)OCC1Sc1ccccc1. The van der Waals surface area contributed by atoms with E-state index in [0.717, 1.165) is 0 Å². The zero-order valence-corrected chi connectivity index (χ0v) is 8.79. The second-order valence-corrected chi connectivity index (χ2v) is 4.70. The number of hydrogen-bond acceptors (Lipinski definition) is 3. The van der Waals surface area contributed by atoms with Gasteiger partial charge in [-0.2, -0.15) is 0 Å². The molecule has 0 bridgehead atoms. The van der Waals surface area contributed by atoms with Gasteiger partial charge in [0.2, 0.25) is 0 Å². The fourth-order valence-corrected chi connectivity index (χ4v) is 2.52. The summed E-state index contributed by atoms with van der Waals surface area (Å²) in [5.41, 5.74) is 0. The van der Waals surface area contributed by atoms with E-state index in [1.165, 1.54) is 4.90 Å². The van der Waals surface area contributed by atoms with Crippen LogP contribution in [-0.2, 0) is 9.53 Å². The van der Waals surface area contributed by atoms with Gasteiger partial charge in [-0.25, -0.2) is 0 Å². The smallest absolute Gasteiger partial charge is 0.309 e. The Labute approximate surface area is 87.6 Å². The van der Waals surface area contributed by atoms with Crippen molar-refractivity contribution in [3.8, 4) is 0 Å². The van der Waals surface area contributed by atoms with Gasteiger partial charge in [-0.3, -0.25) is 4.79 Å². The van der Waals surface area contributed by atoms with Crippen LogP contribution in [0.15, 0.2) is 35.2 Å². The number of hydrogen-bond donors (Lipinski definition) is 0. The molecule has 74 valence electrons. The molecule has 2 nitrogen and oxygen atoms in total. The van der Waals surface area contributed by atoms with Crippen LogP contribution >= 0.6 is 11.8 Å². The first kappa shape index (κ1) is 9.59. The van der Waals surface area contributed by atoms with Gasteiger partial charge in [0.25, 0.3) is 0 Å². The predicted molar refractivity (Wildman–Crippen MR) is 56.2 cm³/mol. The van der Waals surface area contributed by atoms with Crippen molar-refractivity contribution in [3.05, 3.63) is 30.3 Å². The van der Waals surface area contributed by atoms with Gasteiger partial charge in [-0.1, -0.05) is 25.1 Å². The summed E-state index contributed by atoms with van der Waals surface area (Å²) >= 11 is 1.72. The molecule has 1 heterocycles. The van der Waals surface area contributed by atoms with Crippen LogP contribution in [0.5, 0.6) is 0 Å². The van der Waals surface area contributed by atoms with Gasteiger partial charge in [-0.05, 0) is 12.1 Å². The maximum atomic E-state index is 11.1. The molecule has 0 aromatic heterocycles. The first-order valence-electron chi connectivity index (χ1n) is 4.66. The average Bonchev–Trinajstić information content (AvgIpc) is 2.52. The Bertz CT molecular complexity index is 323. The summed E-state index contributed by atoms with van der Waals surface area (Å²) in [6.45, 7) is 2.47. The molecule has 1 fully saturated rings. The molecule has 0 radical (unpaired) electrons. The molecule has 2 rings (SSSR count). The number of thioether (sulfide) groups is 1. The van der Waals surface area contributed by atoms with Crippen molar-refractivity contribution >= 4 is 17.7 Å². The molecule has 0 N–H and O–H groups in total. The Hall–Kier alpha value is -0.960. The highest BCUT2D eigenvalue weighted by molar-refractivity contribution is 8.00. The maximum Gasteiger partial charge on any atom is 0.309 e. The van der Waals surface area contributed by atoms with Crippen molar-refractivity contribution in [2.24, 2.45) is 5.92 Å². The lowest BCUT2D eigenvalue weighted by atomic mass is 10.1. The van der Waals surface area contributed by atoms with Crippen molar-refractivity contribution in [2.75, 3.05) is 6.61 Å². The molecule has 14 heavy (non-hydrogen) atoms. The molecule has 2 unspecified atom stereocenters. The minimum absolute atomic E-state index is 0.0141. The van der Waals surface area contributed by atoms with E-state index < -0.39 is 0 Å². The maximum absolute atomic E-state index is 11.1. The number of esters is 1. The lowest BCUT2D eigenvalue weighted by Crippen LogP contribution is -2.13. The minimum atomic E-state index is -0.0709. The quantitative estimate of drug-likeness (QED) is 0.698. The molecule has 1 aliphatic rings. The molecule has 1 aromatic rings. The minimum Gasteiger partial charge on any atom is -0.464 e. The first-order chi connectivity index (χ1) is 6.77. The number of cyclic esters (lactones) is 1. The van der Waals surface area contributed by atoms with Crippen molar-refractivity contribution < 1.29 is 9.53 Å². The molecule has 0 aliphatic carbocycles. The monoisotopic (exact) mass is 208 g/mol. The highest BCUT2D eigenvalue weighted by Gasteiger charge is 2.33. The van der Waals surface area contributed by atoms with Crippen LogP contribution < -0.4 is 0 Å². The summed E-state index contributed by atoms with van der Waals surface area (Å²) in [7, 11) is 0. The third kappa shape index (κ3) is 1.93. The standard InChI is InChI=1S/C11H12O2S/c1-8-10(7-13-11(8)12)14-9-5-3-2-4-6-9/h2-6,8,10H,7H2,1H3. The Morgan fingerprint density at radius 3 is 2.64 bits per heavy atom. The molecular formula is C11H12O2S. The zero-order valence-electron chi connectivity index (χ0n) is 7.97. The normalized spacial score (nSPS) is 26.2. The number of ether oxygens (including phenoxy) is 1. The molecule has 0 amide bonds. The fraction of sp³-hybridized carbons (Fsp3) is 0.364. The van der Waals surface area contributed by atoms with Crippen LogP contribution in [0.4, 0.5) is 0 Å². The third-order valence-corrected chi connectivity index (χ3v) is 3.74. The third-order valence-electron chi connectivity index (χ3n) is 2.35. The Morgan fingerprint density at radius 1 is 1.36 bits per heavy atom. The Morgan fingerprint density at radius 2 is 2.07 bits per heavy atom. The summed E-state index contributed by atoms with van der Waals surface area (Å²) in [6.07, 6.45) is 0. The van der Waals surface area contributed by atoms with Gasteiger partial charge in [0, 0.05) is 4.90 Å². The van der Waals surface area contributed by atoms with E-state index in [2.05, 4.69) is 12.1 Å². The summed E-state index contributed by atoms with van der Waals surface area (Å²) in [5, 5.41) is 0.268. The van der Waals surface area contributed by atoms with E-state index in [1.807, 2.05) is 25.1 Å². The fourth-order valence-electron chi connectivity index (χ4n) is 1.40. The molecule has 0 saturated carbocycles. The predicted octanol–water partition coefficient (Wildman–Crippen LogP) is 2.34. The van der Waals surface area contributed by atoms with Gasteiger partial charge in [-0.15, -0.1) is 11.8 Å². The second kappa shape index (κ2) is 4.05. The van der Waals surface area contributed by atoms with Crippen molar-refractivity contribution in [2.45, 2.75) is 17.1 Å². The van der Waals surface area contributed by atoms with Gasteiger partial charge < -0.3 is 4.74 Å². The zero-order chi connectivity index (χ0) is 9.97. The summed E-state index contributed by atoms with van der Waals surface area (Å²) in [5.74, 6) is -0.0568. The van der Waals surface area contributed by atoms with E-state index >= 15 is 0 Å². The Kier molecular flexibility index (Phi) is 2.77. The van der Waals surface area contributed by atoms with E-state index in [0.29, 0.717) is 6.61 Å². The van der Waals surface area contributed by atoms with Crippen LogP contribution in [0.1, 0.15) is 6.92 Å². The molecule has 1 aromatic carbocycles. The summed E-state index contributed by atoms with van der Waals surface area (Å²) in [6, 6.07) is 10.1. The van der Waals surface area contributed by atoms with Crippen molar-refractivity contribution in [3.63, 3.8) is 0 Å². The van der Waals surface area contributed by atoms with Gasteiger partial charge in [0.15, 0.2) is 0 Å². The van der Waals surface area contributed by atoms with Crippen LogP contribution in [0.3, 0.4) is 0 Å². The number of carbonyl (C=O) groups excluding carboxylic acids is 1. The van der Waals surface area contributed by atoms with Crippen LogP contribution in [0, 0.1) is 5.92 Å². The highest BCUT2D eigenvalue weighted by Crippen LogP contribution is 2.32. The molecule has 0 spiro atoms. The molecule has 1 saturated heterocycles. The number of benzene rings is 1. The molecular weight excluding hydrogens is 196 g/mol. The summed E-state index contributed by atoms with van der Waals surface area (Å²) < 4.78 is 4.99. The van der Waals surface area contributed by atoms with E-state index in [-0.39, 0.29) is 17.1 Å². The number of carbonyl (C=O) groups is 1. The molecule has 1 aliphatic heterocycles. The Balaban J connectivity index is 2.02. The van der Waals surface area contributed by atoms with Gasteiger partial charge in [0.1, 0.15) is 6.61 Å². The van der Waals surface area contributed by atoms with Crippen molar-refractivity contribution in [1.29, 1.82) is 0 Å². The lowest BCUT2D eigenvalue weighted by molar-refractivity contribution is -0.140. The van der Waals surface area contributed by atoms with E-state index in [9.17, 15) is 4.79 Å². The lowest BCUT2D eigenvalue weighted by Gasteiger charge is -2.09. The van der Waals surface area contributed by atoms with Crippen LogP contribution in [0.2, 0.25) is 0 Å². The molecule has 3 heteroatoms. The topological polar surface area (TPSA) is 26.3 Å². The average molecular weight is 208 g/mol. The van der Waals surface area contributed by atoms with E-state index in [4.69, 9.17) is 4.74 Å². The highest BCUT2D eigenvalue weighted by atomic mass is 32.2. The van der Waals surface area contributed by atoms with Crippen LogP contribution in [0.25, 0.3) is 0 Å². The van der Waals surface area contributed by atoms with E-state index in [1.54, 1.807) is 11.8 Å². The summed E-state index contributed by atoms with van der Waals surface area (Å²) in [4.78, 5) is 12.3. The van der Waals surface area contributed by atoms with Crippen LogP contribution in [-0.4, -0.2) is 17.8 Å². The van der Waals surface area contributed by atoms with Gasteiger partial charge >= 0.3 is 5.97 Å². The largest absolute Gasteiger partial charge is 0.464 e. The van der Waals surface area contributed by atoms with Gasteiger partial charge in [0.05, 0.1) is 11.2 Å². The van der Waals surface area contributed by atoms with Crippen molar-refractivity contribution in [1.82, 2.24) is 0 Å². The molecule has 2 atom stereocenters.